The molecule has 0 radical (unpaired) electrons. The summed E-state index contributed by atoms with van der Waals surface area (Å²) in [7, 11) is 0. The number of aryl methyl sites for hydroxylation is 1. The van der Waals surface area contributed by atoms with E-state index in [1.807, 2.05) is 6.92 Å². The molecule has 5 heteroatoms. The number of nitro benzene ring substituents is 1. The van der Waals surface area contributed by atoms with Crippen molar-refractivity contribution in [1.29, 1.82) is 0 Å². The molecular weight excluding hydrogens is 276 g/mol. The highest BCUT2D eigenvalue weighted by Gasteiger charge is 2.16. The first-order valence-corrected chi connectivity index (χ1v) is 7.58. The molecule has 0 aromatic heterocycles. The molecule has 1 N–H and O–H groups in total. The molecule has 0 saturated carbocycles. The van der Waals surface area contributed by atoms with Crippen LogP contribution in [0.1, 0.15) is 51.5 Å². The molecule has 112 valence electrons. The topological polar surface area (TPSA) is 55.2 Å². The molecule has 0 saturated heterocycles. The minimum absolute atomic E-state index is 0.0321. The summed E-state index contributed by atoms with van der Waals surface area (Å²) in [5.74, 6) is 0. The van der Waals surface area contributed by atoms with Gasteiger partial charge < -0.3 is 5.32 Å². The van der Waals surface area contributed by atoms with Crippen LogP contribution in [0.25, 0.3) is 0 Å². The molecule has 0 aliphatic heterocycles. The van der Waals surface area contributed by atoms with Crippen molar-refractivity contribution in [3.05, 3.63) is 32.8 Å². The number of anilines is 1. The summed E-state index contributed by atoms with van der Waals surface area (Å²) in [6, 6.07) is 3.60. The smallest absolute Gasteiger partial charge is 0.288 e. The highest BCUT2D eigenvalue weighted by atomic mass is 35.5. The third-order valence-corrected chi connectivity index (χ3v) is 3.70. The second kappa shape index (κ2) is 8.10. The predicted molar refractivity (Wildman–Crippen MR) is 84.7 cm³/mol. The molecule has 1 atom stereocenters. The Kier molecular flexibility index (Phi) is 6.79. The highest BCUT2D eigenvalue weighted by Crippen LogP contribution is 2.31. The first kappa shape index (κ1) is 16.8. The zero-order valence-electron chi connectivity index (χ0n) is 12.4. The average Bonchev–Trinajstić information content (AvgIpc) is 2.39. The normalized spacial score (nSPS) is 12.2. The van der Waals surface area contributed by atoms with E-state index in [0.29, 0.717) is 6.04 Å². The molecule has 1 aromatic carbocycles. The first-order chi connectivity index (χ1) is 9.49. The summed E-state index contributed by atoms with van der Waals surface area (Å²) in [4.78, 5) is 10.4. The fourth-order valence-electron chi connectivity index (χ4n) is 2.27. The molecule has 1 rings (SSSR count). The lowest BCUT2D eigenvalue weighted by Gasteiger charge is -2.20. The van der Waals surface area contributed by atoms with Gasteiger partial charge in [0, 0.05) is 17.8 Å². The number of nitro groups is 1. The first-order valence-electron chi connectivity index (χ1n) is 7.20. The molecule has 0 amide bonds. The molecule has 1 aromatic rings. The predicted octanol–water partition coefficient (Wildman–Crippen LogP) is 5.33. The molecular formula is C15H23ClN2O2. The van der Waals surface area contributed by atoms with Gasteiger partial charge in [-0.05, 0) is 31.4 Å². The fourth-order valence-corrected chi connectivity index (χ4v) is 2.50. The molecule has 0 aliphatic rings. The van der Waals surface area contributed by atoms with Crippen LogP contribution in [0.4, 0.5) is 11.4 Å². The maximum absolute atomic E-state index is 10.9. The standard InChI is InChI=1S/C15H23ClN2O2/c1-4-6-8-12(7-5-2)17-14-10-13(16)15(18(19)20)9-11(14)3/h9-10,12,17H,4-8H2,1-3H3. The zero-order valence-corrected chi connectivity index (χ0v) is 13.2. The van der Waals surface area contributed by atoms with E-state index in [1.165, 1.54) is 18.9 Å². The van der Waals surface area contributed by atoms with Crippen LogP contribution in [0.3, 0.4) is 0 Å². The van der Waals surface area contributed by atoms with Crippen LogP contribution >= 0.6 is 11.6 Å². The van der Waals surface area contributed by atoms with Crippen molar-refractivity contribution < 1.29 is 4.92 Å². The minimum Gasteiger partial charge on any atom is -0.382 e. The Balaban J connectivity index is 2.89. The second-order valence-corrected chi connectivity index (χ2v) is 5.56. The van der Waals surface area contributed by atoms with Gasteiger partial charge in [0.2, 0.25) is 0 Å². The molecule has 0 aliphatic carbocycles. The van der Waals surface area contributed by atoms with Gasteiger partial charge in [0.15, 0.2) is 0 Å². The van der Waals surface area contributed by atoms with E-state index in [0.717, 1.165) is 30.5 Å². The van der Waals surface area contributed by atoms with Crippen LogP contribution in [0.5, 0.6) is 0 Å². The summed E-state index contributed by atoms with van der Waals surface area (Å²) in [5.41, 5.74) is 1.73. The Labute approximate surface area is 125 Å². The van der Waals surface area contributed by atoms with E-state index in [1.54, 1.807) is 6.07 Å². The van der Waals surface area contributed by atoms with E-state index in [9.17, 15) is 10.1 Å². The Morgan fingerprint density at radius 3 is 2.55 bits per heavy atom. The number of halogens is 1. The van der Waals surface area contributed by atoms with Gasteiger partial charge in [-0.15, -0.1) is 0 Å². The summed E-state index contributed by atoms with van der Waals surface area (Å²) < 4.78 is 0. The maximum atomic E-state index is 10.9. The van der Waals surface area contributed by atoms with E-state index in [2.05, 4.69) is 19.2 Å². The minimum atomic E-state index is -0.445. The van der Waals surface area contributed by atoms with Crippen molar-refractivity contribution in [2.24, 2.45) is 0 Å². The lowest BCUT2D eigenvalue weighted by molar-refractivity contribution is -0.384. The van der Waals surface area contributed by atoms with Gasteiger partial charge in [-0.3, -0.25) is 10.1 Å². The third kappa shape index (κ3) is 4.67. The van der Waals surface area contributed by atoms with Gasteiger partial charge in [-0.2, -0.15) is 0 Å². The van der Waals surface area contributed by atoms with Gasteiger partial charge in [-0.25, -0.2) is 0 Å². The molecule has 0 heterocycles. The zero-order chi connectivity index (χ0) is 15.1. The number of unbranched alkanes of at least 4 members (excludes halogenated alkanes) is 1. The number of nitrogens with zero attached hydrogens (tertiary/aromatic N) is 1. The van der Waals surface area contributed by atoms with Crippen molar-refractivity contribution in [1.82, 2.24) is 0 Å². The second-order valence-electron chi connectivity index (χ2n) is 5.15. The molecule has 1 unspecified atom stereocenters. The fraction of sp³-hybridized carbons (Fsp3) is 0.600. The van der Waals surface area contributed by atoms with Crippen molar-refractivity contribution in [2.45, 2.75) is 58.9 Å². The van der Waals surface area contributed by atoms with E-state index >= 15 is 0 Å². The van der Waals surface area contributed by atoms with Crippen LogP contribution in [-0.2, 0) is 0 Å². The number of rotatable bonds is 8. The van der Waals surface area contributed by atoms with E-state index in [4.69, 9.17) is 11.6 Å². The number of hydrogen-bond acceptors (Lipinski definition) is 3. The Hall–Kier alpha value is -1.29. The van der Waals surface area contributed by atoms with Gasteiger partial charge in [0.1, 0.15) is 5.02 Å². The van der Waals surface area contributed by atoms with Crippen molar-refractivity contribution >= 4 is 23.0 Å². The van der Waals surface area contributed by atoms with Gasteiger partial charge >= 0.3 is 0 Å². The lowest BCUT2D eigenvalue weighted by atomic mass is 10.0. The van der Waals surface area contributed by atoms with E-state index in [-0.39, 0.29) is 10.7 Å². The van der Waals surface area contributed by atoms with Crippen LogP contribution in [0.2, 0.25) is 5.02 Å². The van der Waals surface area contributed by atoms with Gasteiger partial charge in [0.25, 0.3) is 5.69 Å². The summed E-state index contributed by atoms with van der Waals surface area (Å²) >= 11 is 5.98. The third-order valence-electron chi connectivity index (χ3n) is 3.39. The molecule has 0 bridgehead atoms. The van der Waals surface area contributed by atoms with Crippen LogP contribution < -0.4 is 5.32 Å². The van der Waals surface area contributed by atoms with Gasteiger partial charge in [0.05, 0.1) is 4.92 Å². The summed E-state index contributed by atoms with van der Waals surface area (Å²) in [5, 5.41) is 14.5. The van der Waals surface area contributed by atoms with Gasteiger partial charge in [-0.1, -0.05) is 44.7 Å². The number of hydrogen-bond donors (Lipinski definition) is 1. The lowest BCUT2D eigenvalue weighted by Crippen LogP contribution is -2.19. The van der Waals surface area contributed by atoms with E-state index < -0.39 is 4.92 Å². The number of nitrogens with one attached hydrogen (secondary N) is 1. The number of benzene rings is 1. The Morgan fingerprint density at radius 2 is 2.00 bits per heavy atom. The largest absolute Gasteiger partial charge is 0.382 e. The molecule has 20 heavy (non-hydrogen) atoms. The molecule has 4 nitrogen and oxygen atoms in total. The van der Waals surface area contributed by atoms with Crippen molar-refractivity contribution in [3.63, 3.8) is 0 Å². The van der Waals surface area contributed by atoms with Crippen LogP contribution in [-0.4, -0.2) is 11.0 Å². The maximum Gasteiger partial charge on any atom is 0.288 e. The van der Waals surface area contributed by atoms with Crippen molar-refractivity contribution in [2.75, 3.05) is 5.32 Å². The summed E-state index contributed by atoms with van der Waals surface area (Å²) in [6.45, 7) is 6.21. The SMILES string of the molecule is CCCCC(CCC)Nc1cc(Cl)c([N+](=O)[O-])cc1C. The van der Waals surface area contributed by atoms with Crippen LogP contribution in [0, 0.1) is 17.0 Å². The summed E-state index contributed by atoms with van der Waals surface area (Å²) in [6.07, 6.45) is 5.66. The Morgan fingerprint density at radius 1 is 1.30 bits per heavy atom. The van der Waals surface area contributed by atoms with Crippen LogP contribution in [0.15, 0.2) is 12.1 Å². The Bertz CT molecular complexity index is 463. The quantitative estimate of drug-likeness (QED) is 0.521. The average molecular weight is 299 g/mol. The highest BCUT2D eigenvalue weighted by molar-refractivity contribution is 6.33. The molecule has 0 fully saturated rings. The monoisotopic (exact) mass is 298 g/mol. The molecule has 0 spiro atoms. The van der Waals surface area contributed by atoms with Crippen molar-refractivity contribution in [3.8, 4) is 0 Å².